The summed E-state index contributed by atoms with van der Waals surface area (Å²) in [4.78, 5) is 0. The first kappa shape index (κ1) is 9.71. The third-order valence-electron chi connectivity index (χ3n) is 1.45. The van der Waals surface area contributed by atoms with Gasteiger partial charge in [-0.1, -0.05) is 23.7 Å². The molecule has 0 saturated heterocycles. The van der Waals surface area contributed by atoms with Crippen LogP contribution in [0.25, 0.3) is 0 Å². The topological polar surface area (TPSA) is 37.3 Å². The fourth-order valence-electron chi connectivity index (χ4n) is 0.898. The summed E-state index contributed by atoms with van der Waals surface area (Å²) >= 11 is 4.01. The molecule has 0 heterocycles. The number of rotatable bonds is 3. The summed E-state index contributed by atoms with van der Waals surface area (Å²) in [7, 11) is 0. The van der Waals surface area contributed by atoms with Crippen LogP contribution in [-0.2, 0) is 17.5 Å². The van der Waals surface area contributed by atoms with Crippen molar-refractivity contribution in [3.63, 3.8) is 0 Å². The summed E-state index contributed by atoms with van der Waals surface area (Å²) in [6.07, 6.45) is 0.587. The van der Waals surface area contributed by atoms with Gasteiger partial charge in [0.15, 0.2) is 11.1 Å². The zero-order valence-electron chi connectivity index (χ0n) is 6.37. The summed E-state index contributed by atoms with van der Waals surface area (Å²) in [5.41, 5.74) is 0.991. The molecular formula is C8H9ClO2S. The molecule has 1 aromatic carbocycles. The van der Waals surface area contributed by atoms with Crippen molar-refractivity contribution in [3.05, 3.63) is 34.9 Å². The highest BCUT2D eigenvalue weighted by molar-refractivity contribution is 7.79. The second kappa shape index (κ2) is 4.60. The van der Waals surface area contributed by atoms with E-state index >= 15 is 0 Å². The van der Waals surface area contributed by atoms with Gasteiger partial charge in [0.25, 0.3) is 0 Å². The smallest absolute Gasteiger partial charge is 0.153 e. The molecule has 1 atom stereocenters. The second-order valence-corrected chi connectivity index (χ2v) is 3.89. The van der Waals surface area contributed by atoms with Gasteiger partial charge >= 0.3 is 0 Å². The predicted octanol–water partition coefficient (Wildman–Crippen LogP) is 2.10. The van der Waals surface area contributed by atoms with Crippen molar-refractivity contribution in [1.29, 1.82) is 0 Å². The van der Waals surface area contributed by atoms with Gasteiger partial charge in [-0.15, -0.1) is 0 Å². The lowest BCUT2D eigenvalue weighted by molar-refractivity contribution is 0.563. The molecule has 0 fully saturated rings. The van der Waals surface area contributed by atoms with E-state index in [1.807, 2.05) is 12.1 Å². The first-order valence-corrected chi connectivity index (χ1v) is 5.16. The van der Waals surface area contributed by atoms with Crippen molar-refractivity contribution < 1.29 is 8.76 Å². The molecule has 1 aromatic rings. The van der Waals surface area contributed by atoms with E-state index in [1.165, 1.54) is 0 Å². The fourth-order valence-corrected chi connectivity index (χ4v) is 1.52. The number of aryl methyl sites for hydroxylation is 1. The number of halogens is 1. The van der Waals surface area contributed by atoms with E-state index in [0.717, 1.165) is 5.56 Å². The molecule has 0 aliphatic heterocycles. The van der Waals surface area contributed by atoms with E-state index in [2.05, 4.69) is 0 Å². The highest BCUT2D eigenvalue weighted by Crippen LogP contribution is 2.10. The number of benzene rings is 1. The molecule has 2 nitrogen and oxygen atoms in total. The van der Waals surface area contributed by atoms with Crippen molar-refractivity contribution in [3.8, 4) is 0 Å². The normalized spacial score (nSPS) is 12.8. The van der Waals surface area contributed by atoms with Gasteiger partial charge in [-0.25, -0.2) is 4.21 Å². The lowest BCUT2D eigenvalue weighted by Gasteiger charge is -1.98. The third-order valence-corrected chi connectivity index (χ3v) is 2.24. The highest BCUT2D eigenvalue weighted by atomic mass is 35.5. The molecule has 0 amide bonds. The molecule has 1 N–H and O–H groups in total. The number of hydrogen-bond donors (Lipinski definition) is 1. The number of hydrogen-bond acceptors (Lipinski definition) is 1. The van der Waals surface area contributed by atoms with Crippen LogP contribution < -0.4 is 0 Å². The van der Waals surface area contributed by atoms with Crippen molar-refractivity contribution >= 4 is 22.7 Å². The minimum absolute atomic E-state index is 0.264. The molecule has 0 bridgehead atoms. The highest BCUT2D eigenvalue weighted by Gasteiger charge is 1.96. The van der Waals surface area contributed by atoms with Crippen LogP contribution >= 0.6 is 11.6 Å². The molecule has 12 heavy (non-hydrogen) atoms. The lowest BCUT2D eigenvalue weighted by atomic mass is 10.2. The van der Waals surface area contributed by atoms with Crippen LogP contribution in [0.3, 0.4) is 0 Å². The molecule has 0 spiro atoms. The van der Waals surface area contributed by atoms with E-state index in [4.69, 9.17) is 16.2 Å². The second-order valence-electron chi connectivity index (χ2n) is 2.41. The van der Waals surface area contributed by atoms with Gasteiger partial charge in [-0.05, 0) is 24.1 Å². The minimum Gasteiger partial charge on any atom is -0.306 e. The van der Waals surface area contributed by atoms with Crippen LogP contribution in [0.4, 0.5) is 0 Å². The summed E-state index contributed by atoms with van der Waals surface area (Å²) in [6, 6.07) is 7.30. The molecule has 0 saturated carbocycles. The van der Waals surface area contributed by atoms with Crippen molar-refractivity contribution in [2.45, 2.75) is 6.42 Å². The summed E-state index contributed by atoms with van der Waals surface area (Å²) in [5, 5.41) is 0.663. The Morgan fingerprint density at radius 2 is 2.25 bits per heavy atom. The lowest BCUT2D eigenvalue weighted by Crippen LogP contribution is -1.98. The summed E-state index contributed by atoms with van der Waals surface area (Å²) < 4.78 is 18.9. The third kappa shape index (κ3) is 3.34. The summed E-state index contributed by atoms with van der Waals surface area (Å²) in [5.74, 6) is 0.264. The van der Waals surface area contributed by atoms with Gasteiger partial charge in [0.05, 0.1) is 5.75 Å². The molecule has 4 heteroatoms. The van der Waals surface area contributed by atoms with Crippen LogP contribution in [0, 0.1) is 0 Å². The van der Waals surface area contributed by atoms with E-state index in [0.29, 0.717) is 11.4 Å². The van der Waals surface area contributed by atoms with Gasteiger partial charge in [0.1, 0.15) is 0 Å². The Labute approximate surface area is 78.8 Å². The monoisotopic (exact) mass is 204 g/mol. The quantitative estimate of drug-likeness (QED) is 0.766. The molecule has 0 aromatic heterocycles. The minimum atomic E-state index is -1.72. The maximum atomic E-state index is 10.3. The average Bonchev–Trinajstić information content (AvgIpc) is 2.01. The first-order valence-electron chi connectivity index (χ1n) is 3.50. The van der Waals surface area contributed by atoms with E-state index in [-0.39, 0.29) is 5.75 Å². The Kier molecular flexibility index (Phi) is 3.72. The fraction of sp³-hybridized carbons (Fsp3) is 0.250. The van der Waals surface area contributed by atoms with E-state index in [1.54, 1.807) is 12.1 Å². The van der Waals surface area contributed by atoms with Crippen LogP contribution in [0.2, 0.25) is 5.02 Å². The molecule has 66 valence electrons. The molecular weight excluding hydrogens is 196 g/mol. The zero-order chi connectivity index (χ0) is 8.97. The van der Waals surface area contributed by atoms with Crippen LogP contribution in [0.1, 0.15) is 5.56 Å². The Balaban J connectivity index is 2.57. The predicted molar refractivity (Wildman–Crippen MR) is 50.8 cm³/mol. The molecule has 0 aliphatic carbocycles. The SMILES string of the molecule is O=S(O)CCc1cccc(Cl)c1. The first-order chi connectivity index (χ1) is 5.68. The summed E-state index contributed by atoms with van der Waals surface area (Å²) in [6.45, 7) is 0. The maximum Gasteiger partial charge on any atom is 0.153 e. The van der Waals surface area contributed by atoms with Crippen molar-refractivity contribution in [1.82, 2.24) is 0 Å². The van der Waals surface area contributed by atoms with Gasteiger partial charge in [-0.2, -0.15) is 0 Å². The molecule has 1 rings (SSSR count). The van der Waals surface area contributed by atoms with Crippen LogP contribution in [-0.4, -0.2) is 14.5 Å². The maximum absolute atomic E-state index is 10.3. The van der Waals surface area contributed by atoms with Gasteiger partial charge in [0.2, 0.25) is 0 Å². The van der Waals surface area contributed by atoms with Gasteiger partial charge < -0.3 is 4.55 Å². The average molecular weight is 205 g/mol. The largest absolute Gasteiger partial charge is 0.306 e. The Bertz CT molecular complexity index is 288. The van der Waals surface area contributed by atoms with Gasteiger partial charge in [0, 0.05) is 5.02 Å². The Morgan fingerprint density at radius 3 is 2.83 bits per heavy atom. The van der Waals surface area contributed by atoms with E-state index < -0.39 is 11.1 Å². The van der Waals surface area contributed by atoms with Crippen molar-refractivity contribution in [2.75, 3.05) is 5.75 Å². The Hall–Kier alpha value is -0.380. The van der Waals surface area contributed by atoms with Crippen molar-refractivity contribution in [2.24, 2.45) is 0 Å². The zero-order valence-corrected chi connectivity index (χ0v) is 7.94. The van der Waals surface area contributed by atoms with Crippen LogP contribution in [0.15, 0.2) is 24.3 Å². The standard InChI is InChI=1S/C8H9ClO2S/c9-8-3-1-2-7(6-8)4-5-12(10)11/h1-3,6H,4-5H2,(H,10,11). The van der Waals surface area contributed by atoms with E-state index in [9.17, 15) is 4.21 Å². The molecule has 0 aliphatic rings. The Morgan fingerprint density at radius 1 is 1.50 bits per heavy atom. The molecule has 1 unspecified atom stereocenters. The van der Waals surface area contributed by atoms with Gasteiger partial charge in [-0.3, -0.25) is 0 Å². The van der Waals surface area contributed by atoms with Crippen LogP contribution in [0.5, 0.6) is 0 Å². The molecule has 0 radical (unpaired) electrons.